The van der Waals surface area contributed by atoms with E-state index < -0.39 is 12.0 Å². The Hall–Kier alpha value is -1.10. The molecular formula is C12H22N2O3. The van der Waals surface area contributed by atoms with Crippen LogP contribution in [0.1, 0.15) is 40.0 Å². The van der Waals surface area contributed by atoms with E-state index in [0.29, 0.717) is 11.5 Å². The minimum Gasteiger partial charge on any atom is -0.480 e. The predicted octanol–water partition coefficient (Wildman–Crippen LogP) is 0.744. The second-order valence-electron chi connectivity index (χ2n) is 5.60. The number of hydrogen-bond donors (Lipinski definition) is 3. The van der Waals surface area contributed by atoms with Gasteiger partial charge >= 0.3 is 5.97 Å². The van der Waals surface area contributed by atoms with E-state index in [1.54, 1.807) is 0 Å². The first-order valence-electron chi connectivity index (χ1n) is 6.03. The number of nitrogens with one attached hydrogen (secondary N) is 2. The lowest BCUT2D eigenvalue weighted by molar-refractivity contribution is -0.141. The Morgan fingerprint density at radius 2 is 2.12 bits per heavy atom. The molecule has 2 unspecified atom stereocenters. The Bertz CT molecular complexity index is 302. The summed E-state index contributed by atoms with van der Waals surface area (Å²) in [5.74, 6) is -1.31. The molecule has 1 aliphatic rings. The van der Waals surface area contributed by atoms with Crippen LogP contribution in [0.25, 0.3) is 0 Å². The van der Waals surface area contributed by atoms with Crippen molar-refractivity contribution in [3.8, 4) is 0 Å². The molecule has 5 heteroatoms. The number of carbonyl (C=O) groups is 2. The molecule has 0 aromatic rings. The van der Waals surface area contributed by atoms with E-state index in [1.807, 2.05) is 0 Å². The number of aliphatic carboxylic acids is 1. The number of carboxylic acids is 1. The number of carboxylic acid groups (broad SMARTS) is 1. The van der Waals surface area contributed by atoms with Crippen LogP contribution in [0.3, 0.4) is 0 Å². The summed E-state index contributed by atoms with van der Waals surface area (Å²) in [6, 6.07) is -0.475. The summed E-state index contributed by atoms with van der Waals surface area (Å²) in [6.45, 7) is 6.05. The van der Waals surface area contributed by atoms with Gasteiger partial charge in [-0.1, -0.05) is 13.8 Å². The maximum absolute atomic E-state index is 10.9. The lowest BCUT2D eigenvalue weighted by atomic mass is 9.92. The van der Waals surface area contributed by atoms with Gasteiger partial charge in [-0.2, -0.15) is 0 Å². The van der Waals surface area contributed by atoms with Gasteiger partial charge in [-0.05, 0) is 24.7 Å². The highest BCUT2D eigenvalue weighted by Gasteiger charge is 2.31. The molecule has 2 atom stereocenters. The maximum Gasteiger partial charge on any atom is 0.327 e. The number of carbonyl (C=O) groups excluding carboxylic acids is 1. The first kappa shape index (κ1) is 14.0. The highest BCUT2D eigenvalue weighted by molar-refractivity contribution is 5.82. The standard InChI is InChI=1S/C12H22N2O3/c1-8(15)14-10(11(16)17)7-13-9-4-5-12(2,3)6-9/h9-10,13H,4-7H2,1-3H3,(H,14,15)(H,16,17). The Balaban J connectivity index is 2.37. The molecule has 5 nitrogen and oxygen atoms in total. The molecule has 1 amide bonds. The average molecular weight is 242 g/mol. The Morgan fingerprint density at radius 3 is 2.53 bits per heavy atom. The van der Waals surface area contributed by atoms with E-state index in [0.717, 1.165) is 19.3 Å². The van der Waals surface area contributed by atoms with Gasteiger partial charge in [-0.3, -0.25) is 4.79 Å². The molecule has 0 heterocycles. The largest absolute Gasteiger partial charge is 0.480 e. The van der Waals surface area contributed by atoms with Crippen molar-refractivity contribution >= 4 is 11.9 Å². The third kappa shape index (κ3) is 4.73. The minimum absolute atomic E-state index is 0.287. The van der Waals surface area contributed by atoms with E-state index in [4.69, 9.17) is 5.11 Å². The summed E-state index contributed by atoms with van der Waals surface area (Å²) in [5, 5.41) is 14.6. The lowest BCUT2D eigenvalue weighted by Crippen LogP contribution is -2.48. The molecule has 17 heavy (non-hydrogen) atoms. The summed E-state index contributed by atoms with van der Waals surface area (Å²) in [6.07, 6.45) is 3.28. The third-order valence-corrected chi connectivity index (χ3v) is 3.25. The van der Waals surface area contributed by atoms with Crippen LogP contribution < -0.4 is 10.6 Å². The fourth-order valence-corrected chi connectivity index (χ4v) is 2.34. The number of hydrogen-bond acceptors (Lipinski definition) is 3. The fourth-order valence-electron chi connectivity index (χ4n) is 2.34. The van der Waals surface area contributed by atoms with E-state index in [2.05, 4.69) is 24.5 Å². The zero-order chi connectivity index (χ0) is 13.1. The SMILES string of the molecule is CC(=O)NC(CNC1CCC(C)(C)C1)C(=O)O. The Morgan fingerprint density at radius 1 is 1.47 bits per heavy atom. The van der Waals surface area contributed by atoms with Crippen LogP contribution in [0.2, 0.25) is 0 Å². The molecule has 0 aromatic heterocycles. The molecule has 0 aromatic carbocycles. The molecule has 98 valence electrons. The first-order valence-corrected chi connectivity index (χ1v) is 6.03. The van der Waals surface area contributed by atoms with Crippen LogP contribution in [-0.4, -0.2) is 35.6 Å². The van der Waals surface area contributed by atoms with Gasteiger partial charge in [0.15, 0.2) is 0 Å². The maximum atomic E-state index is 10.9. The normalized spacial score (nSPS) is 24.3. The highest BCUT2D eigenvalue weighted by atomic mass is 16.4. The predicted molar refractivity (Wildman–Crippen MR) is 64.7 cm³/mol. The molecule has 0 radical (unpaired) electrons. The summed E-state index contributed by atoms with van der Waals surface area (Å²) in [5.41, 5.74) is 0.338. The van der Waals surface area contributed by atoms with Crippen molar-refractivity contribution in [1.29, 1.82) is 0 Å². The van der Waals surface area contributed by atoms with Crippen molar-refractivity contribution in [2.24, 2.45) is 5.41 Å². The smallest absolute Gasteiger partial charge is 0.327 e. The van der Waals surface area contributed by atoms with Gasteiger partial charge in [0.05, 0.1) is 0 Å². The fraction of sp³-hybridized carbons (Fsp3) is 0.833. The molecule has 0 spiro atoms. The van der Waals surface area contributed by atoms with Gasteiger partial charge in [-0.15, -0.1) is 0 Å². The molecule has 0 bridgehead atoms. The van der Waals surface area contributed by atoms with E-state index in [-0.39, 0.29) is 12.5 Å². The molecular weight excluding hydrogens is 220 g/mol. The quantitative estimate of drug-likeness (QED) is 0.664. The van der Waals surface area contributed by atoms with Gasteiger partial charge in [0, 0.05) is 19.5 Å². The van der Waals surface area contributed by atoms with E-state index in [9.17, 15) is 9.59 Å². The molecule has 1 saturated carbocycles. The zero-order valence-corrected chi connectivity index (χ0v) is 10.7. The average Bonchev–Trinajstić information content (AvgIpc) is 2.52. The molecule has 0 saturated heterocycles. The minimum atomic E-state index is -0.995. The van der Waals surface area contributed by atoms with Crippen molar-refractivity contribution in [1.82, 2.24) is 10.6 Å². The van der Waals surface area contributed by atoms with Gasteiger partial charge in [0.1, 0.15) is 6.04 Å². The van der Waals surface area contributed by atoms with Crippen molar-refractivity contribution in [2.45, 2.75) is 52.1 Å². The highest BCUT2D eigenvalue weighted by Crippen LogP contribution is 2.36. The summed E-state index contributed by atoms with van der Waals surface area (Å²) in [7, 11) is 0. The molecule has 1 aliphatic carbocycles. The second-order valence-corrected chi connectivity index (χ2v) is 5.60. The zero-order valence-electron chi connectivity index (χ0n) is 10.7. The third-order valence-electron chi connectivity index (χ3n) is 3.25. The van der Waals surface area contributed by atoms with E-state index >= 15 is 0 Å². The van der Waals surface area contributed by atoms with Gasteiger partial charge < -0.3 is 15.7 Å². The topological polar surface area (TPSA) is 78.4 Å². The van der Waals surface area contributed by atoms with Crippen molar-refractivity contribution in [2.75, 3.05) is 6.54 Å². The van der Waals surface area contributed by atoms with Crippen LogP contribution in [0.15, 0.2) is 0 Å². The molecule has 1 rings (SSSR count). The van der Waals surface area contributed by atoms with Crippen molar-refractivity contribution in [3.05, 3.63) is 0 Å². The monoisotopic (exact) mass is 242 g/mol. The number of rotatable bonds is 5. The van der Waals surface area contributed by atoms with Gasteiger partial charge in [0.25, 0.3) is 0 Å². The van der Waals surface area contributed by atoms with Crippen LogP contribution >= 0.6 is 0 Å². The van der Waals surface area contributed by atoms with Crippen LogP contribution in [0.4, 0.5) is 0 Å². The van der Waals surface area contributed by atoms with Gasteiger partial charge in [0.2, 0.25) is 5.91 Å². The Kier molecular flexibility index (Phi) is 4.51. The van der Waals surface area contributed by atoms with Crippen LogP contribution in [0.5, 0.6) is 0 Å². The summed E-state index contributed by atoms with van der Waals surface area (Å²) in [4.78, 5) is 21.8. The molecule has 0 aliphatic heterocycles. The van der Waals surface area contributed by atoms with Crippen LogP contribution in [-0.2, 0) is 9.59 Å². The van der Waals surface area contributed by atoms with Crippen LogP contribution in [0, 0.1) is 5.41 Å². The molecule has 1 fully saturated rings. The summed E-state index contributed by atoms with van der Waals surface area (Å²) >= 11 is 0. The summed E-state index contributed by atoms with van der Waals surface area (Å²) < 4.78 is 0. The molecule has 3 N–H and O–H groups in total. The van der Waals surface area contributed by atoms with Gasteiger partial charge in [-0.25, -0.2) is 4.79 Å². The first-order chi connectivity index (χ1) is 7.80. The number of amides is 1. The second kappa shape index (κ2) is 5.49. The Labute approximate surface area is 102 Å². The van der Waals surface area contributed by atoms with Crippen molar-refractivity contribution in [3.63, 3.8) is 0 Å². The van der Waals surface area contributed by atoms with Crippen molar-refractivity contribution < 1.29 is 14.7 Å². The lowest BCUT2D eigenvalue weighted by Gasteiger charge is -2.20. The van der Waals surface area contributed by atoms with E-state index in [1.165, 1.54) is 6.92 Å².